The molecule has 0 radical (unpaired) electrons. The third-order valence-corrected chi connectivity index (χ3v) is 2.88. The Kier molecular flexibility index (Phi) is 7.17. The van der Waals surface area contributed by atoms with E-state index in [0.717, 1.165) is 12.8 Å². The number of amides is 1. The molecule has 116 valence electrons. The minimum Gasteiger partial charge on any atom is -0.385 e. The Morgan fingerprint density at radius 1 is 1.38 bits per heavy atom. The number of benzene rings is 1. The number of unbranched alkanes of at least 4 members (excludes halogenated alkanes) is 1. The molecule has 1 aromatic carbocycles. The third kappa shape index (κ3) is 5.39. The Morgan fingerprint density at radius 3 is 2.76 bits per heavy atom. The Bertz CT molecular complexity index is 491. The fourth-order valence-corrected chi connectivity index (χ4v) is 1.84. The van der Waals surface area contributed by atoms with Crippen LogP contribution in [0.2, 0.25) is 0 Å². The van der Waals surface area contributed by atoms with E-state index in [2.05, 4.69) is 10.6 Å². The number of carbonyl (C=O) groups excluding carboxylic acids is 1. The number of nitro benzene ring substituents is 1. The van der Waals surface area contributed by atoms with Gasteiger partial charge in [-0.1, -0.05) is 0 Å². The molecule has 0 aromatic heterocycles. The molecule has 1 aromatic rings. The summed E-state index contributed by atoms with van der Waals surface area (Å²) < 4.78 is 4.92. The molecule has 0 fully saturated rings. The molecule has 2 N–H and O–H groups in total. The van der Waals surface area contributed by atoms with Crippen molar-refractivity contribution in [3.63, 3.8) is 0 Å². The molecule has 0 aliphatic heterocycles. The van der Waals surface area contributed by atoms with Gasteiger partial charge in [0.05, 0.1) is 4.92 Å². The topological polar surface area (TPSA) is 93.5 Å². The van der Waals surface area contributed by atoms with E-state index in [9.17, 15) is 14.9 Å². The van der Waals surface area contributed by atoms with E-state index in [0.29, 0.717) is 25.4 Å². The maximum Gasteiger partial charge on any atom is 0.293 e. The number of hydrogen-bond acceptors (Lipinski definition) is 5. The predicted octanol–water partition coefficient (Wildman–Crippen LogP) is 2.18. The summed E-state index contributed by atoms with van der Waals surface area (Å²) in [7, 11) is 1.63. The van der Waals surface area contributed by atoms with E-state index in [1.807, 2.05) is 6.92 Å². The van der Waals surface area contributed by atoms with E-state index in [4.69, 9.17) is 4.74 Å². The van der Waals surface area contributed by atoms with Crippen LogP contribution in [0.25, 0.3) is 0 Å². The zero-order valence-corrected chi connectivity index (χ0v) is 12.3. The van der Waals surface area contributed by atoms with Crippen LogP contribution in [0.3, 0.4) is 0 Å². The monoisotopic (exact) mass is 295 g/mol. The van der Waals surface area contributed by atoms with Gasteiger partial charge in [-0.3, -0.25) is 14.9 Å². The molecule has 0 saturated carbocycles. The third-order valence-electron chi connectivity index (χ3n) is 2.88. The minimum absolute atomic E-state index is 0.0936. The van der Waals surface area contributed by atoms with Crippen molar-refractivity contribution in [2.75, 3.05) is 32.1 Å². The first-order chi connectivity index (χ1) is 10.1. The summed E-state index contributed by atoms with van der Waals surface area (Å²) in [4.78, 5) is 22.5. The zero-order valence-electron chi connectivity index (χ0n) is 12.3. The van der Waals surface area contributed by atoms with Crippen molar-refractivity contribution in [3.05, 3.63) is 33.9 Å². The molecule has 0 aliphatic carbocycles. The van der Waals surface area contributed by atoms with Gasteiger partial charge in [0.15, 0.2) is 0 Å². The van der Waals surface area contributed by atoms with Gasteiger partial charge in [-0.05, 0) is 31.9 Å². The highest BCUT2D eigenvalue weighted by Crippen LogP contribution is 2.25. The number of methoxy groups -OCH3 is 1. The highest BCUT2D eigenvalue weighted by Gasteiger charge is 2.16. The van der Waals surface area contributed by atoms with E-state index < -0.39 is 4.92 Å². The van der Waals surface area contributed by atoms with Crippen molar-refractivity contribution in [2.45, 2.75) is 19.8 Å². The molecule has 1 amide bonds. The Labute approximate surface area is 123 Å². The standard InChI is InChI=1S/C14H21N3O4/c1-3-15-12-7-6-11(10-13(12)17(19)20)14(18)16-8-4-5-9-21-2/h6-7,10,15H,3-5,8-9H2,1-2H3,(H,16,18). The van der Waals surface area contributed by atoms with Crippen LogP contribution in [0.1, 0.15) is 30.1 Å². The summed E-state index contributed by atoms with van der Waals surface area (Å²) >= 11 is 0. The van der Waals surface area contributed by atoms with Crippen molar-refractivity contribution in [1.82, 2.24) is 5.32 Å². The summed E-state index contributed by atoms with van der Waals surface area (Å²) in [6.07, 6.45) is 1.66. The molecule has 0 saturated heterocycles. The van der Waals surface area contributed by atoms with Gasteiger partial charge in [-0.15, -0.1) is 0 Å². The van der Waals surface area contributed by atoms with Crippen molar-refractivity contribution in [1.29, 1.82) is 0 Å². The van der Waals surface area contributed by atoms with Crippen molar-refractivity contribution in [2.24, 2.45) is 0 Å². The quantitative estimate of drug-likeness (QED) is 0.414. The molecule has 0 aliphatic rings. The van der Waals surface area contributed by atoms with Crippen LogP contribution < -0.4 is 10.6 Å². The number of nitrogens with zero attached hydrogens (tertiary/aromatic N) is 1. The van der Waals surface area contributed by atoms with Gasteiger partial charge in [0, 0.05) is 38.4 Å². The average molecular weight is 295 g/mol. The maximum atomic E-state index is 11.9. The summed E-state index contributed by atoms with van der Waals surface area (Å²) in [6.45, 7) is 3.60. The van der Waals surface area contributed by atoms with Gasteiger partial charge in [0.1, 0.15) is 5.69 Å². The molecule has 0 unspecified atom stereocenters. The lowest BCUT2D eigenvalue weighted by Gasteiger charge is -2.08. The molecule has 0 atom stereocenters. The van der Waals surface area contributed by atoms with Crippen LogP contribution in [0, 0.1) is 10.1 Å². The molecular formula is C14H21N3O4. The zero-order chi connectivity index (χ0) is 15.7. The maximum absolute atomic E-state index is 11.9. The number of hydrogen-bond donors (Lipinski definition) is 2. The van der Waals surface area contributed by atoms with E-state index in [1.165, 1.54) is 6.07 Å². The van der Waals surface area contributed by atoms with E-state index in [1.54, 1.807) is 19.2 Å². The molecule has 7 nitrogen and oxygen atoms in total. The summed E-state index contributed by atoms with van der Waals surface area (Å²) in [5, 5.41) is 16.7. The summed E-state index contributed by atoms with van der Waals surface area (Å²) in [5.74, 6) is -0.307. The normalized spacial score (nSPS) is 10.2. The molecule has 1 rings (SSSR count). The Morgan fingerprint density at radius 2 is 2.14 bits per heavy atom. The largest absolute Gasteiger partial charge is 0.385 e. The first-order valence-corrected chi connectivity index (χ1v) is 6.89. The first kappa shape index (κ1) is 16.9. The highest BCUT2D eigenvalue weighted by molar-refractivity contribution is 5.95. The number of anilines is 1. The number of nitro groups is 1. The molecule has 0 bridgehead atoms. The number of ether oxygens (including phenoxy) is 1. The second-order valence-electron chi connectivity index (χ2n) is 4.48. The second-order valence-corrected chi connectivity index (χ2v) is 4.48. The SMILES string of the molecule is CCNc1ccc(C(=O)NCCCCOC)cc1[N+](=O)[O-]. The molecule has 21 heavy (non-hydrogen) atoms. The van der Waals surface area contributed by atoms with E-state index >= 15 is 0 Å². The lowest BCUT2D eigenvalue weighted by atomic mass is 10.1. The van der Waals surface area contributed by atoms with Gasteiger partial charge in [0.2, 0.25) is 0 Å². The van der Waals surface area contributed by atoms with Crippen LogP contribution in [0.4, 0.5) is 11.4 Å². The van der Waals surface area contributed by atoms with Crippen LogP contribution >= 0.6 is 0 Å². The van der Waals surface area contributed by atoms with Crippen LogP contribution in [-0.4, -0.2) is 37.6 Å². The van der Waals surface area contributed by atoms with Crippen LogP contribution in [-0.2, 0) is 4.74 Å². The average Bonchev–Trinajstić information content (AvgIpc) is 2.47. The van der Waals surface area contributed by atoms with Gasteiger partial charge < -0.3 is 15.4 Å². The van der Waals surface area contributed by atoms with Gasteiger partial charge in [-0.25, -0.2) is 0 Å². The number of nitrogens with one attached hydrogen (secondary N) is 2. The minimum atomic E-state index is -0.493. The fraction of sp³-hybridized carbons (Fsp3) is 0.500. The van der Waals surface area contributed by atoms with Crippen LogP contribution in [0.5, 0.6) is 0 Å². The lowest BCUT2D eigenvalue weighted by Crippen LogP contribution is -2.24. The number of carbonyl (C=O) groups is 1. The lowest BCUT2D eigenvalue weighted by molar-refractivity contribution is -0.384. The summed E-state index contributed by atoms with van der Waals surface area (Å²) in [6, 6.07) is 4.43. The van der Waals surface area contributed by atoms with Crippen LogP contribution in [0.15, 0.2) is 18.2 Å². The van der Waals surface area contributed by atoms with E-state index in [-0.39, 0.29) is 17.2 Å². The van der Waals surface area contributed by atoms with Crippen molar-refractivity contribution < 1.29 is 14.5 Å². The summed E-state index contributed by atoms with van der Waals surface area (Å²) in [5.41, 5.74) is 0.609. The molecular weight excluding hydrogens is 274 g/mol. The van der Waals surface area contributed by atoms with Gasteiger partial charge in [0.25, 0.3) is 11.6 Å². The van der Waals surface area contributed by atoms with Gasteiger partial charge in [-0.2, -0.15) is 0 Å². The molecule has 0 spiro atoms. The second kappa shape index (κ2) is 8.91. The molecule has 7 heteroatoms. The Balaban J connectivity index is 2.67. The van der Waals surface area contributed by atoms with Crippen molar-refractivity contribution >= 4 is 17.3 Å². The van der Waals surface area contributed by atoms with Crippen molar-refractivity contribution in [3.8, 4) is 0 Å². The van der Waals surface area contributed by atoms with Gasteiger partial charge >= 0.3 is 0 Å². The first-order valence-electron chi connectivity index (χ1n) is 6.89. The number of rotatable bonds is 9. The fourth-order valence-electron chi connectivity index (χ4n) is 1.84. The predicted molar refractivity (Wildman–Crippen MR) is 80.7 cm³/mol. The smallest absolute Gasteiger partial charge is 0.293 e. The highest BCUT2D eigenvalue weighted by atomic mass is 16.6. The molecule has 0 heterocycles. The Hall–Kier alpha value is -2.15.